The fraction of sp³-hybridized carbons (Fsp3) is 0.375. The quantitative estimate of drug-likeness (QED) is 0.290. The molecule has 1 aliphatic rings. The topological polar surface area (TPSA) is 88.6 Å². The maximum absolute atomic E-state index is 13.9. The Kier molecular flexibility index (Phi) is 9.16. The SMILES string of the molecule is Cc1ccc(NC(=O)c2ccc(CN3C(=O)c4ccc(Cl)cc4CC(=O)[C@H]3CCO[Si](C)(C)C(C)(C)C)cc2)nc1. The highest BCUT2D eigenvalue weighted by atomic mass is 35.5. The molecule has 0 bridgehead atoms. The maximum Gasteiger partial charge on any atom is 0.256 e. The molecule has 0 radical (unpaired) electrons. The molecule has 0 fully saturated rings. The van der Waals surface area contributed by atoms with Gasteiger partial charge in [0.25, 0.3) is 11.8 Å². The number of hydrogen-bond acceptors (Lipinski definition) is 5. The summed E-state index contributed by atoms with van der Waals surface area (Å²) in [4.78, 5) is 46.1. The second kappa shape index (κ2) is 12.3. The summed E-state index contributed by atoms with van der Waals surface area (Å²) in [6.45, 7) is 13.4. The lowest BCUT2D eigenvalue weighted by Crippen LogP contribution is -2.46. The van der Waals surface area contributed by atoms with Gasteiger partial charge in [-0.05, 0) is 84.6 Å². The van der Waals surface area contributed by atoms with Crippen LogP contribution in [0.1, 0.15) is 64.6 Å². The summed E-state index contributed by atoms with van der Waals surface area (Å²) >= 11 is 6.21. The number of carbonyl (C=O) groups excluding carboxylic acids is 3. The Balaban J connectivity index is 1.55. The van der Waals surface area contributed by atoms with E-state index in [1.54, 1.807) is 47.5 Å². The Morgan fingerprint density at radius 3 is 2.44 bits per heavy atom. The largest absolute Gasteiger partial charge is 0.417 e. The smallest absolute Gasteiger partial charge is 0.256 e. The van der Waals surface area contributed by atoms with Crippen LogP contribution >= 0.6 is 11.6 Å². The van der Waals surface area contributed by atoms with Gasteiger partial charge < -0.3 is 14.6 Å². The number of fused-ring (bicyclic) bond motifs is 1. The van der Waals surface area contributed by atoms with E-state index in [9.17, 15) is 14.4 Å². The lowest BCUT2D eigenvalue weighted by Gasteiger charge is -2.37. The number of halogens is 1. The number of aryl methyl sites for hydroxylation is 1. The van der Waals surface area contributed by atoms with Crippen molar-refractivity contribution >= 4 is 43.3 Å². The lowest BCUT2D eigenvalue weighted by molar-refractivity contribution is -0.123. The fourth-order valence-electron chi connectivity index (χ4n) is 4.52. The summed E-state index contributed by atoms with van der Waals surface area (Å²) in [5, 5.41) is 3.32. The summed E-state index contributed by atoms with van der Waals surface area (Å²) in [6.07, 6.45) is 2.23. The van der Waals surface area contributed by atoms with Crippen LogP contribution in [0.4, 0.5) is 5.82 Å². The molecule has 0 unspecified atom stereocenters. The molecule has 216 valence electrons. The van der Waals surface area contributed by atoms with E-state index < -0.39 is 14.4 Å². The third-order valence-electron chi connectivity index (χ3n) is 8.05. The first-order valence-electron chi connectivity index (χ1n) is 13.8. The molecule has 0 aliphatic carbocycles. The van der Waals surface area contributed by atoms with E-state index in [0.29, 0.717) is 40.6 Å². The van der Waals surface area contributed by atoms with E-state index in [4.69, 9.17) is 16.0 Å². The molecule has 1 N–H and O–H groups in total. The van der Waals surface area contributed by atoms with E-state index in [1.165, 1.54) is 0 Å². The average molecular weight is 592 g/mol. The van der Waals surface area contributed by atoms with Crippen molar-refractivity contribution in [1.82, 2.24) is 9.88 Å². The molecule has 41 heavy (non-hydrogen) atoms. The van der Waals surface area contributed by atoms with Gasteiger partial charge in [-0.2, -0.15) is 0 Å². The monoisotopic (exact) mass is 591 g/mol. The second-order valence-electron chi connectivity index (χ2n) is 12.2. The van der Waals surface area contributed by atoms with E-state index >= 15 is 0 Å². The molecule has 3 aromatic rings. The first kappa shape index (κ1) is 30.6. The molecule has 0 saturated carbocycles. The number of anilines is 1. The molecule has 7 nitrogen and oxygen atoms in total. The highest BCUT2D eigenvalue weighted by Crippen LogP contribution is 2.37. The highest BCUT2D eigenvalue weighted by Gasteiger charge is 2.39. The second-order valence-corrected chi connectivity index (χ2v) is 17.4. The Morgan fingerprint density at radius 1 is 1.10 bits per heavy atom. The van der Waals surface area contributed by atoms with Gasteiger partial charge in [-0.15, -0.1) is 0 Å². The number of carbonyl (C=O) groups is 3. The summed E-state index contributed by atoms with van der Waals surface area (Å²) in [5.41, 5.74) is 3.40. The van der Waals surface area contributed by atoms with Gasteiger partial charge in [0.05, 0.1) is 6.04 Å². The van der Waals surface area contributed by atoms with Crippen molar-refractivity contribution in [2.75, 3.05) is 11.9 Å². The molecule has 9 heteroatoms. The summed E-state index contributed by atoms with van der Waals surface area (Å²) < 4.78 is 6.39. The number of ketones is 1. The van der Waals surface area contributed by atoms with Crippen molar-refractivity contribution in [3.8, 4) is 0 Å². The van der Waals surface area contributed by atoms with Crippen LogP contribution in [0.2, 0.25) is 23.2 Å². The van der Waals surface area contributed by atoms with Crippen LogP contribution in [-0.4, -0.2) is 48.4 Å². The Labute approximate surface area is 248 Å². The third-order valence-corrected chi connectivity index (χ3v) is 12.8. The van der Waals surface area contributed by atoms with Crippen LogP contribution in [0.15, 0.2) is 60.8 Å². The normalized spacial score (nSPS) is 15.9. The lowest BCUT2D eigenvalue weighted by atomic mass is 10.0. The first-order chi connectivity index (χ1) is 19.2. The number of nitrogens with one attached hydrogen (secondary N) is 1. The molecule has 2 aromatic carbocycles. The van der Waals surface area contributed by atoms with Gasteiger partial charge in [0.2, 0.25) is 0 Å². The minimum absolute atomic E-state index is 0.0342. The standard InChI is InChI=1S/C32H38ClN3O4Si/c1-21-7-14-29(34-19-21)35-30(38)23-10-8-22(9-11-23)20-36-27(15-16-40-41(5,6)32(2,3)4)28(37)18-24-17-25(33)12-13-26(24)31(36)39/h7-14,17,19,27H,15-16,18,20H2,1-6H3,(H,34,35,38)/t27-/m1/s1. The minimum atomic E-state index is -2.03. The Bertz CT molecular complexity index is 1430. The fourth-order valence-corrected chi connectivity index (χ4v) is 5.78. The zero-order valence-electron chi connectivity index (χ0n) is 24.6. The first-order valence-corrected chi connectivity index (χ1v) is 17.1. The van der Waals surface area contributed by atoms with Crippen molar-refractivity contribution in [2.24, 2.45) is 0 Å². The number of Topliss-reactive ketones (excluding diaryl/α,β-unsaturated/α-hetero) is 1. The minimum Gasteiger partial charge on any atom is -0.417 e. The van der Waals surface area contributed by atoms with Gasteiger partial charge in [0.1, 0.15) is 5.82 Å². The van der Waals surface area contributed by atoms with Gasteiger partial charge in [0, 0.05) is 41.9 Å². The van der Waals surface area contributed by atoms with Gasteiger partial charge in [-0.1, -0.05) is 50.6 Å². The summed E-state index contributed by atoms with van der Waals surface area (Å²) in [6, 6.07) is 15.1. The average Bonchev–Trinajstić information content (AvgIpc) is 2.99. The van der Waals surface area contributed by atoms with Crippen molar-refractivity contribution in [3.63, 3.8) is 0 Å². The van der Waals surface area contributed by atoms with Gasteiger partial charge in [0.15, 0.2) is 14.1 Å². The number of aromatic nitrogens is 1. The van der Waals surface area contributed by atoms with Crippen LogP contribution in [0.5, 0.6) is 0 Å². The molecule has 0 saturated heterocycles. The van der Waals surface area contributed by atoms with Crippen molar-refractivity contribution < 1.29 is 18.8 Å². The van der Waals surface area contributed by atoms with Gasteiger partial charge in [-0.3, -0.25) is 14.4 Å². The molecule has 0 spiro atoms. The predicted molar refractivity (Wildman–Crippen MR) is 165 cm³/mol. The number of pyridine rings is 1. The number of amides is 2. The maximum atomic E-state index is 13.9. The van der Waals surface area contributed by atoms with E-state index in [2.05, 4.69) is 44.2 Å². The van der Waals surface area contributed by atoms with Crippen LogP contribution < -0.4 is 5.32 Å². The van der Waals surface area contributed by atoms with Gasteiger partial charge in [-0.25, -0.2) is 4.98 Å². The van der Waals surface area contributed by atoms with E-state index in [-0.39, 0.29) is 35.6 Å². The Morgan fingerprint density at radius 2 is 1.80 bits per heavy atom. The highest BCUT2D eigenvalue weighted by molar-refractivity contribution is 6.74. The third kappa shape index (κ3) is 7.31. The van der Waals surface area contributed by atoms with Crippen molar-refractivity contribution in [1.29, 1.82) is 0 Å². The molecule has 1 aromatic heterocycles. The van der Waals surface area contributed by atoms with Gasteiger partial charge >= 0.3 is 0 Å². The van der Waals surface area contributed by atoms with Crippen molar-refractivity contribution in [2.45, 2.75) is 71.3 Å². The van der Waals surface area contributed by atoms with E-state index in [0.717, 1.165) is 11.1 Å². The Hall–Kier alpha value is -3.33. The molecule has 2 amide bonds. The molecule has 4 rings (SSSR count). The molecular weight excluding hydrogens is 554 g/mol. The molecule has 2 heterocycles. The summed E-state index contributed by atoms with van der Waals surface area (Å²) in [5.74, 6) is -0.0628. The number of hydrogen-bond donors (Lipinski definition) is 1. The zero-order chi connectivity index (χ0) is 29.9. The summed E-state index contributed by atoms with van der Waals surface area (Å²) in [7, 11) is -2.03. The predicted octanol–water partition coefficient (Wildman–Crippen LogP) is 6.84. The van der Waals surface area contributed by atoms with Crippen LogP contribution in [0.3, 0.4) is 0 Å². The van der Waals surface area contributed by atoms with Crippen LogP contribution in [-0.2, 0) is 22.2 Å². The van der Waals surface area contributed by atoms with Crippen LogP contribution in [0.25, 0.3) is 0 Å². The zero-order valence-corrected chi connectivity index (χ0v) is 26.3. The molecule has 1 aliphatic heterocycles. The molecule has 1 atom stereocenters. The van der Waals surface area contributed by atoms with E-state index in [1.807, 2.05) is 25.1 Å². The number of rotatable bonds is 8. The molecular formula is C32H38ClN3O4Si. The number of nitrogens with zero attached hydrogens (tertiary/aromatic N) is 2. The van der Waals surface area contributed by atoms with Crippen LogP contribution in [0, 0.1) is 6.92 Å². The number of benzene rings is 2. The van der Waals surface area contributed by atoms with Crippen molar-refractivity contribution in [3.05, 3.63) is 93.6 Å².